The Balaban J connectivity index is 1.91. The summed E-state index contributed by atoms with van der Waals surface area (Å²) >= 11 is 3.37. The molecule has 0 atom stereocenters. The number of hydrazone groups is 1. The molecular formula is C21H22BrN3O2. The summed E-state index contributed by atoms with van der Waals surface area (Å²) < 4.78 is 8.33. The van der Waals surface area contributed by atoms with E-state index in [1.165, 1.54) is 7.11 Å². The van der Waals surface area contributed by atoms with Crippen molar-refractivity contribution in [3.8, 4) is 5.75 Å². The van der Waals surface area contributed by atoms with E-state index in [4.69, 9.17) is 4.74 Å². The standard InChI is InChI=1S/C21H22BrN3O2/c1-13(2)25-14(3)18(16-7-5-6-8-19(16)25)12-23-24-21(26)17-11-15(22)9-10-20(17)27-4/h5-13H,1-4H3,(H,24,26)/b23-12-. The Morgan fingerprint density at radius 3 is 2.70 bits per heavy atom. The molecule has 27 heavy (non-hydrogen) atoms. The van der Waals surface area contributed by atoms with Crippen LogP contribution in [0.15, 0.2) is 52.0 Å². The number of carbonyl (C=O) groups is 1. The van der Waals surface area contributed by atoms with Gasteiger partial charge in [-0.3, -0.25) is 4.79 Å². The van der Waals surface area contributed by atoms with Gasteiger partial charge in [0.25, 0.3) is 5.91 Å². The number of fused-ring (bicyclic) bond motifs is 1. The fourth-order valence-corrected chi connectivity index (χ4v) is 3.68. The first-order valence-electron chi connectivity index (χ1n) is 8.70. The van der Waals surface area contributed by atoms with Crippen molar-refractivity contribution in [1.29, 1.82) is 0 Å². The predicted molar refractivity (Wildman–Crippen MR) is 113 cm³/mol. The number of nitrogens with one attached hydrogen (secondary N) is 1. The lowest BCUT2D eigenvalue weighted by Crippen LogP contribution is -2.18. The van der Waals surface area contributed by atoms with E-state index >= 15 is 0 Å². The maximum absolute atomic E-state index is 12.5. The van der Waals surface area contributed by atoms with E-state index in [2.05, 4.69) is 63.9 Å². The van der Waals surface area contributed by atoms with Gasteiger partial charge in [-0.15, -0.1) is 0 Å². The van der Waals surface area contributed by atoms with Crippen LogP contribution in [-0.4, -0.2) is 23.8 Å². The Morgan fingerprint density at radius 1 is 1.26 bits per heavy atom. The van der Waals surface area contributed by atoms with E-state index in [-0.39, 0.29) is 5.91 Å². The van der Waals surface area contributed by atoms with Crippen LogP contribution >= 0.6 is 15.9 Å². The third kappa shape index (κ3) is 3.76. The first-order chi connectivity index (χ1) is 12.9. The zero-order chi connectivity index (χ0) is 19.6. The lowest BCUT2D eigenvalue weighted by Gasteiger charge is -2.12. The van der Waals surface area contributed by atoms with Gasteiger partial charge < -0.3 is 9.30 Å². The summed E-state index contributed by atoms with van der Waals surface area (Å²) in [5.74, 6) is 0.174. The number of benzene rings is 2. The van der Waals surface area contributed by atoms with E-state index < -0.39 is 0 Å². The van der Waals surface area contributed by atoms with Gasteiger partial charge in [-0.05, 0) is 45.0 Å². The second-order valence-electron chi connectivity index (χ2n) is 6.52. The lowest BCUT2D eigenvalue weighted by molar-refractivity contribution is 0.0952. The summed E-state index contributed by atoms with van der Waals surface area (Å²) in [6.07, 6.45) is 1.71. The second kappa shape index (κ2) is 7.96. The fraction of sp³-hybridized carbons (Fsp3) is 0.238. The molecule has 0 bridgehead atoms. The van der Waals surface area contributed by atoms with Crippen LogP contribution in [0.3, 0.4) is 0 Å². The highest BCUT2D eigenvalue weighted by Crippen LogP contribution is 2.28. The molecule has 0 aliphatic heterocycles. The number of hydrogen-bond donors (Lipinski definition) is 1. The summed E-state index contributed by atoms with van der Waals surface area (Å²) in [7, 11) is 1.54. The first-order valence-corrected chi connectivity index (χ1v) is 9.49. The lowest BCUT2D eigenvalue weighted by atomic mass is 10.1. The summed E-state index contributed by atoms with van der Waals surface area (Å²) in [5.41, 5.74) is 6.30. The van der Waals surface area contributed by atoms with Crippen LogP contribution < -0.4 is 10.2 Å². The second-order valence-corrected chi connectivity index (χ2v) is 7.44. The molecule has 5 nitrogen and oxygen atoms in total. The third-order valence-electron chi connectivity index (χ3n) is 4.49. The molecule has 140 valence electrons. The van der Waals surface area contributed by atoms with Gasteiger partial charge in [0, 0.05) is 32.7 Å². The molecule has 0 aliphatic carbocycles. The van der Waals surface area contributed by atoms with Gasteiger partial charge in [0.1, 0.15) is 5.75 Å². The highest BCUT2D eigenvalue weighted by atomic mass is 79.9. The monoisotopic (exact) mass is 427 g/mol. The van der Waals surface area contributed by atoms with Gasteiger partial charge in [-0.1, -0.05) is 34.1 Å². The molecule has 1 aromatic heterocycles. The van der Waals surface area contributed by atoms with Crippen molar-refractivity contribution >= 4 is 39.0 Å². The van der Waals surface area contributed by atoms with E-state index in [1.54, 1.807) is 18.3 Å². The maximum Gasteiger partial charge on any atom is 0.275 e. The molecule has 0 aliphatic rings. The normalized spacial score (nSPS) is 11.5. The molecule has 1 heterocycles. The molecule has 6 heteroatoms. The van der Waals surface area contributed by atoms with Crippen LogP contribution in [0, 0.1) is 6.92 Å². The Bertz CT molecular complexity index is 1020. The van der Waals surface area contributed by atoms with E-state index in [0.29, 0.717) is 17.4 Å². The number of methoxy groups -OCH3 is 1. The molecule has 0 spiro atoms. The number of rotatable bonds is 5. The number of halogens is 1. The fourth-order valence-electron chi connectivity index (χ4n) is 3.32. The molecule has 1 N–H and O–H groups in total. The van der Waals surface area contributed by atoms with Crippen LogP contribution in [0.1, 0.15) is 41.5 Å². The van der Waals surface area contributed by atoms with Gasteiger partial charge in [0.05, 0.1) is 18.9 Å². The smallest absolute Gasteiger partial charge is 0.275 e. The zero-order valence-corrected chi connectivity index (χ0v) is 17.4. The van der Waals surface area contributed by atoms with Crippen molar-refractivity contribution in [2.75, 3.05) is 7.11 Å². The number of aromatic nitrogens is 1. The highest BCUT2D eigenvalue weighted by Gasteiger charge is 2.15. The van der Waals surface area contributed by atoms with Gasteiger partial charge in [0.2, 0.25) is 0 Å². The molecule has 0 saturated heterocycles. The van der Waals surface area contributed by atoms with Crippen LogP contribution in [0.25, 0.3) is 10.9 Å². The van der Waals surface area contributed by atoms with Crippen LogP contribution in [0.5, 0.6) is 5.75 Å². The quantitative estimate of drug-likeness (QED) is 0.456. The number of carbonyl (C=O) groups excluding carboxylic acids is 1. The minimum absolute atomic E-state index is 0.324. The molecule has 3 rings (SSSR count). The number of amides is 1. The molecule has 0 radical (unpaired) electrons. The van der Waals surface area contributed by atoms with E-state index in [1.807, 2.05) is 18.2 Å². The average molecular weight is 428 g/mol. The molecule has 0 saturated carbocycles. The van der Waals surface area contributed by atoms with Crippen LogP contribution in [0.2, 0.25) is 0 Å². The van der Waals surface area contributed by atoms with Crippen molar-refractivity contribution in [1.82, 2.24) is 9.99 Å². The Morgan fingerprint density at radius 2 is 2.00 bits per heavy atom. The maximum atomic E-state index is 12.5. The van der Waals surface area contributed by atoms with Crippen LogP contribution in [-0.2, 0) is 0 Å². The Labute approximate surface area is 167 Å². The molecule has 0 fully saturated rings. The SMILES string of the molecule is COc1ccc(Br)cc1C(=O)N/N=C\c1c(C)n(C(C)C)c2ccccc12. The van der Waals surface area contributed by atoms with E-state index in [9.17, 15) is 4.79 Å². The highest BCUT2D eigenvalue weighted by molar-refractivity contribution is 9.10. The van der Waals surface area contributed by atoms with Gasteiger partial charge in [-0.2, -0.15) is 5.10 Å². The van der Waals surface area contributed by atoms with Crippen molar-refractivity contribution in [3.05, 3.63) is 63.8 Å². The van der Waals surface area contributed by atoms with Crippen molar-refractivity contribution < 1.29 is 9.53 Å². The number of hydrogen-bond acceptors (Lipinski definition) is 3. The molecular weight excluding hydrogens is 406 g/mol. The predicted octanol–water partition coefficient (Wildman–Crippen LogP) is 5.07. The number of ether oxygens (including phenoxy) is 1. The van der Waals surface area contributed by atoms with Gasteiger partial charge in [0.15, 0.2) is 0 Å². The number of nitrogens with zero attached hydrogens (tertiary/aromatic N) is 2. The van der Waals surface area contributed by atoms with Gasteiger partial charge in [-0.25, -0.2) is 5.43 Å². The van der Waals surface area contributed by atoms with E-state index in [0.717, 1.165) is 26.6 Å². The summed E-state index contributed by atoms with van der Waals surface area (Å²) in [6, 6.07) is 13.8. The molecule has 3 aromatic rings. The summed E-state index contributed by atoms with van der Waals surface area (Å²) in [6.45, 7) is 6.38. The minimum Gasteiger partial charge on any atom is -0.496 e. The van der Waals surface area contributed by atoms with Gasteiger partial charge >= 0.3 is 0 Å². The first kappa shape index (κ1) is 19.2. The zero-order valence-electron chi connectivity index (χ0n) is 15.8. The number of para-hydroxylation sites is 1. The van der Waals surface area contributed by atoms with Crippen molar-refractivity contribution in [2.24, 2.45) is 5.10 Å². The molecule has 0 unspecified atom stereocenters. The van der Waals surface area contributed by atoms with Crippen molar-refractivity contribution in [2.45, 2.75) is 26.8 Å². The third-order valence-corrected chi connectivity index (χ3v) is 4.98. The van der Waals surface area contributed by atoms with Crippen LogP contribution in [0.4, 0.5) is 0 Å². The average Bonchev–Trinajstić information content (AvgIpc) is 2.93. The molecule has 2 aromatic carbocycles. The Kier molecular flexibility index (Phi) is 5.65. The summed E-state index contributed by atoms with van der Waals surface area (Å²) in [5, 5.41) is 5.31. The molecule has 1 amide bonds. The summed E-state index contributed by atoms with van der Waals surface area (Å²) in [4.78, 5) is 12.5. The van der Waals surface area contributed by atoms with Crippen molar-refractivity contribution in [3.63, 3.8) is 0 Å². The topological polar surface area (TPSA) is 55.6 Å². The minimum atomic E-state index is -0.324. The largest absolute Gasteiger partial charge is 0.496 e. The Hall–Kier alpha value is -2.60.